The third-order valence-electron chi connectivity index (χ3n) is 5.63. The van der Waals surface area contributed by atoms with E-state index >= 15 is 0 Å². The van der Waals surface area contributed by atoms with Crippen molar-refractivity contribution < 1.29 is 4.79 Å². The van der Waals surface area contributed by atoms with E-state index in [0.29, 0.717) is 12.6 Å². The number of hydrogen-bond acceptors (Lipinski definition) is 2. The molecule has 4 heteroatoms. The Bertz CT molecular complexity index is 779. The van der Waals surface area contributed by atoms with Crippen molar-refractivity contribution in [2.24, 2.45) is 5.92 Å². The van der Waals surface area contributed by atoms with E-state index in [1.807, 2.05) is 0 Å². The summed E-state index contributed by atoms with van der Waals surface area (Å²) < 4.78 is 1.18. The summed E-state index contributed by atoms with van der Waals surface area (Å²) in [5.74, 6) is 0.285. The van der Waals surface area contributed by atoms with Crippen molar-refractivity contribution in [3.8, 4) is 0 Å². The van der Waals surface area contributed by atoms with Gasteiger partial charge in [0.1, 0.15) is 0 Å². The van der Waals surface area contributed by atoms with Crippen molar-refractivity contribution in [1.29, 1.82) is 0 Å². The van der Waals surface area contributed by atoms with Crippen LogP contribution in [0.15, 0.2) is 46.9 Å². The highest BCUT2D eigenvalue weighted by atomic mass is 79.9. The van der Waals surface area contributed by atoms with Gasteiger partial charge in [0.05, 0.1) is 0 Å². The van der Waals surface area contributed by atoms with Gasteiger partial charge in [-0.1, -0.05) is 52.3 Å². The number of nitrogens with one attached hydrogen (secondary N) is 1. The van der Waals surface area contributed by atoms with Crippen LogP contribution < -0.4 is 5.32 Å². The maximum Gasteiger partial charge on any atom is 0.223 e. The fraction of sp³-hybridized carbons (Fsp3) is 0.381. The van der Waals surface area contributed by atoms with Gasteiger partial charge in [-0.15, -0.1) is 0 Å². The van der Waals surface area contributed by atoms with Crippen LogP contribution in [0.5, 0.6) is 0 Å². The van der Waals surface area contributed by atoms with Gasteiger partial charge >= 0.3 is 0 Å². The minimum atomic E-state index is 0.0883. The van der Waals surface area contributed by atoms with Crippen LogP contribution in [0.25, 0.3) is 0 Å². The second-order valence-corrected chi connectivity index (χ2v) is 8.12. The largest absolute Gasteiger partial charge is 0.354 e. The molecule has 0 saturated heterocycles. The SMILES string of the molecule is CN1Cc2cccc(Br)c2C[C@H]1CNC(=O)C1Cc2ccccc2C1. The van der Waals surface area contributed by atoms with Gasteiger partial charge in [0.15, 0.2) is 0 Å². The topological polar surface area (TPSA) is 32.3 Å². The van der Waals surface area contributed by atoms with E-state index in [-0.39, 0.29) is 11.8 Å². The highest BCUT2D eigenvalue weighted by Crippen LogP contribution is 2.29. The molecule has 0 fully saturated rings. The third-order valence-corrected chi connectivity index (χ3v) is 6.38. The van der Waals surface area contributed by atoms with Crippen LogP contribution in [0.1, 0.15) is 22.3 Å². The van der Waals surface area contributed by atoms with Crippen LogP contribution >= 0.6 is 15.9 Å². The van der Waals surface area contributed by atoms with Crippen LogP contribution in [-0.2, 0) is 30.6 Å². The molecule has 1 N–H and O–H groups in total. The van der Waals surface area contributed by atoms with Gasteiger partial charge in [-0.3, -0.25) is 9.69 Å². The van der Waals surface area contributed by atoms with E-state index in [2.05, 4.69) is 75.7 Å². The summed E-state index contributed by atoms with van der Waals surface area (Å²) >= 11 is 3.67. The smallest absolute Gasteiger partial charge is 0.223 e. The number of halogens is 1. The van der Waals surface area contributed by atoms with Gasteiger partial charge in [0.25, 0.3) is 0 Å². The molecule has 1 atom stereocenters. The number of rotatable bonds is 3. The zero-order chi connectivity index (χ0) is 17.4. The highest BCUT2D eigenvalue weighted by Gasteiger charge is 2.29. The van der Waals surface area contributed by atoms with E-state index < -0.39 is 0 Å². The lowest BCUT2D eigenvalue weighted by atomic mass is 9.94. The second-order valence-electron chi connectivity index (χ2n) is 7.27. The average molecular weight is 399 g/mol. The molecule has 0 radical (unpaired) electrons. The Morgan fingerprint density at radius 3 is 2.48 bits per heavy atom. The van der Waals surface area contributed by atoms with E-state index in [9.17, 15) is 4.79 Å². The number of carbonyl (C=O) groups excluding carboxylic acids is 1. The Morgan fingerprint density at radius 1 is 1.08 bits per heavy atom. The molecule has 4 rings (SSSR count). The van der Waals surface area contributed by atoms with Crippen molar-refractivity contribution in [3.63, 3.8) is 0 Å². The van der Waals surface area contributed by atoms with Crippen LogP contribution in [-0.4, -0.2) is 30.4 Å². The highest BCUT2D eigenvalue weighted by molar-refractivity contribution is 9.10. The van der Waals surface area contributed by atoms with Crippen molar-refractivity contribution in [2.75, 3.05) is 13.6 Å². The quantitative estimate of drug-likeness (QED) is 0.859. The number of amides is 1. The number of nitrogens with zero attached hydrogens (tertiary/aromatic N) is 1. The molecule has 2 aliphatic rings. The summed E-state index contributed by atoms with van der Waals surface area (Å²) in [5.41, 5.74) is 5.42. The summed E-state index contributed by atoms with van der Waals surface area (Å²) in [7, 11) is 2.14. The molecular formula is C21H23BrN2O. The first kappa shape index (κ1) is 16.8. The predicted molar refractivity (Wildman–Crippen MR) is 103 cm³/mol. The van der Waals surface area contributed by atoms with E-state index in [1.165, 1.54) is 26.7 Å². The van der Waals surface area contributed by atoms with Crippen LogP contribution in [0.4, 0.5) is 0 Å². The average Bonchev–Trinajstić information content (AvgIpc) is 3.04. The van der Waals surface area contributed by atoms with Gasteiger partial charge < -0.3 is 5.32 Å². The Labute approximate surface area is 157 Å². The molecule has 0 aromatic heterocycles. The lowest BCUT2D eigenvalue weighted by molar-refractivity contribution is -0.125. The molecule has 2 aromatic carbocycles. The van der Waals surface area contributed by atoms with Gasteiger partial charge in [0, 0.05) is 29.5 Å². The van der Waals surface area contributed by atoms with Crippen LogP contribution in [0.2, 0.25) is 0 Å². The molecule has 130 valence electrons. The van der Waals surface area contributed by atoms with Crippen molar-refractivity contribution in [3.05, 3.63) is 69.2 Å². The molecule has 1 amide bonds. The molecule has 2 aromatic rings. The van der Waals surface area contributed by atoms with Gasteiger partial charge in [0.2, 0.25) is 5.91 Å². The monoisotopic (exact) mass is 398 g/mol. The van der Waals surface area contributed by atoms with Crippen LogP contribution in [0.3, 0.4) is 0 Å². The Hall–Kier alpha value is -1.65. The number of hydrogen-bond donors (Lipinski definition) is 1. The first-order chi connectivity index (χ1) is 12.1. The lowest BCUT2D eigenvalue weighted by Crippen LogP contribution is -2.46. The van der Waals surface area contributed by atoms with Crippen molar-refractivity contribution in [2.45, 2.75) is 31.8 Å². The molecule has 1 aliphatic carbocycles. The molecule has 0 spiro atoms. The molecule has 0 bridgehead atoms. The zero-order valence-corrected chi connectivity index (χ0v) is 16.1. The van der Waals surface area contributed by atoms with E-state index in [1.54, 1.807) is 0 Å². The maximum absolute atomic E-state index is 12.6. The third kappa shape index (κ3) is 3.38. The zero-order valence-electron chi connectivity index (χ0n) is 14.5. The van der Waals surface area contributed by atoms with Gasteiger partial charge in [-0.25, -0.2) is 0 Å². The summed E-state index contributed by atoms with van der Waals surface area (Å²) in [5, 5.41) is 3.21. The fourth-order valence-electron chi connectivity index (χ4n) is 4.10. The van der Waals surface area contributed by atoms with Crippen molar-refractivity contribution >= 4 is 21.8 Å². The van der Waals surface area contributed by atoms with Crippen LogP contribution in [0, 0.1) is 5.92 Å². The second kappa shape index (κ2) is 6.93. The summed E-state index contributed by atoms with van der Waals surface area (Å²) in [6, 6.07) is 15.2. The van der Waals surface area contributed by atoms with E-state index in [0.717, 1.165) is 25.8 Å². The normalized spacial score (nSPS) is 20.2. The summed E-state index contributed by atoms with van der Waals surface area (Å²) in [6.07, 6.45) is 2.71. The first-order valence-electron chi connectivity index (χ1n) is 8.93. The maximum atomic E-state index is 12.6. The van der Waals surface area contributed by atoms with Crippen molar-refractivity contribution in [1.82, 2.24) is 10.2 Å². The minimum Gasteiger partial charge on any atom is -0.354 e. The molecule has 0 unspecified atom stereocenters. The molecule has 3 nitrogen and oxygen atoms in total. The molecule has 1 aliphatic heterocycles. The summed E-state index contributed by atoms with van der Waals surface area (Å²) in [4.78, 5) is 15.0. The number of likely N-dealkylation sites (N-methyl/N-ethyl adjacent to an activating group) is 1. The first-order valence-corrected chi connectivity index (χ1v) is 9.72. The minimum absolute atomic E-state index is 0.0883. The van der Waals surface area contributed by atoms with Gasteiger partial charge in [-0.05, 0) is 54.6 Å². The Kier molecular flexibility index (Phi) is 4.65. The number of fused-ring (bicyclic) bond motifs is 2. The number of benzene rings is 2. The number of carbonyl (C=O) groups is 1. The summed E-state index contributed by atoms with van der Waals surface area (Å²) in [6.45, 7) is 1.65. The Morgan fingerprint density at radius 2 is 1.76 bits per heavy atom. The molecule has 25 heavy (non-hydrogen) atoms. The standard InChI is InChI=1S/C21H23BrN2O/c1-24-13-16-7-4-8-20(22)19(16)11-18(24)12-23-21(25)17-9-14-5-2-3-6-15(14)10-17/h2-8,17-18H,9-13H2,1H3,(H,23,25)/t18-/m0/s1. The predicted octanol–water partition coefficient (Wildman–Crippen LogP) is 3.34. The Balaban J connectivity index is 1.37. The van der Waals surface area contributed by atoms with Gasteiger partial charge in [-0.2, -0.15) is 0 Å². The molecular weight excluding hydrogens is 376 g/mol. The fourth-order valence-corrected chi connectivity index (χ4v) is 4.67. The van der Waals surface area contributed by atoms with E-state index in [4.69, 9.17) is 0 Å². The lowest BCUT2D eigenvalue weighted by Gasteiger charge is -2.35. The molecule has 0 saturated carbocycles. The molecule has 1 heterocycles.